The Morgan fingerprint density at radius 2 is 1.93 bits per heavy atom. The zero-order valence-electron chi connectivity index (χ0n) is 16.2. The molecule has 0 aliphatic carbocycles. The molecule has 6 nitrogen and oxygen atoms in total. The van der Waals surface area contributed by atoms with Gasteiger partial charge in [-0.05, 0) is 56.0 Å². The van der Waals surface area contributed by atoms with Crippen LogP contribution in [0.3, 0.4) is 0 Å². The van der Waals surface area contributed by atoms with Gasteiger partial charge in [-0.25, -0.2) is 4.98 Å². The monoisotopic (exact) mass is 378 g/mol. The van der Waals surface area contributed by atoms with Crippen LogP contribution in [0, 0.1) is 0 Å². The van der Waals surface area contributed by atoms with Gasteiger partial charge < -0.3 is 15.1 Å². The molecule has 1 aromatic carbocycles. The van der Waals surface area contributed by atoms with Crippen LogP contribution >= 0.6 is 0 Å². The van der Waals surface area contributed by atoms with Crippen molar-refractivity contribution in [2.45, 2.75) is 38.6 Å². The smallest absolute Gasteiger partial charge is 0.253 e. The SMILES string of the molecule is CC(NC(=O)c1ccc(N2CCCC2)nc1)c1cccc(N2CCCC2=O)c1. The lowest BCUT2D eigenvalue weighted by Crippen LogP contribution is -2.28. The lowest BCUT2D eigenvalue weighted by Gasteiger charge is -2.20. The number of anilines is 2. The summed E-state index contributed by atoms with van der Waals surface area (Å²) in [5.74, 6) is 0.957. The van der Waals surface area contributed by atoms with Crippen LogP contribution in [0.25, 0.3) is 0 Å². The van der Waals surface area contributed by atoms with Gasteiger partial charge in [-0.3, -0.25) is 9.59 Å². The average molecular weight is 378 g/mol. The molecule has 6 heteroatoms. The lowest BCUT2D eigenvalue weighted by atomic mass is 10.1. The molecule has 4 rings (SSSR count). The van der Waals surface area contributed by atoms with Crippen LogP contribution in [-0.2, 0) is 4.79 Å². The van der Waals surface area contributed by atoms with Crippen molar-refractivity contribution in [2.24, 2.45) is 0 Å². The third-order valence-electron chi connectivity index (χ3n) is 5.54. The van der Waals surface area contributed by atoms with E-state index in [-0.39, 0.29) is 17.9 Å². The Labute approximate surface area is 165 Å². The van der Waals surface area contributed by atoms with Crippen LogP contribution in [0.1, 0.15) is 54.6 Å². The maximum atomic E-state index is 12.6. The summed E-state index contributed by atoms with van der Waals surface area (Å²) in [4.78, 5) is 33.1. The van der Waals surface area contributed by atoms with E-state index in [4.69, 9.17) is 0 Å². The molecule has 1 N–H and O–H groups in total. The van der Waals surface area contributed by atoms with E-state index in [9.17, 15) is 9.59 Å². The minimum Gasteiger partial charge on any atom is -0.357 e. The van der Waals surface area contributed by atoms with Crippen molar-refractivity contribution < 1.29 is 9.59 Å². The maximum absolute atomic E-state index is 12.6. The van der Waals surface area contributed by atoms with Gasteiger partial charge in [-0.15, -0.1) is 0 Å². The average Bonchev–Trinajstić information content (AvgIpc) is 3.40. The van der Waals surface area contributed by atoms with E-state index >= 15 is 0 Å². The molecule has 2 aromatic rings. The minimum atomic E-state index is -0.164. The van der Waals surface area contributed by atoms with Gasteiger partial charge in [0.05, 0.1) is 11.6 Å². The molecule has 0 radical (unpaired) electrons. The van der Waals surface area contributed by atoms with Gasteiger partial charge in [0.1, 0.15) is 5.82 Å². The van der Waals surface area contributed by atoms with E-state index in [0.717, 1.165) is 43.1 Å². The number of aromatic nitrogens is 1. The molecule has 2 fully saturated rings. The van der Waals surface area contributed by atoms with Crippen molar-refractivity contribution in [3.63, 3.8) is 0 Å². The zero-order valence-corrected chi connectivity index (χ0v) is 16.2. The fraction of sp³-hybridized carbons (Fsp3) is 0.409. The molecule has 3 heterocycles. The summed E-state index contributed by atoms with van der Waals surface area (Å²) in [6.45, 7) is 4.78. The molecule has 1 aromatic heterocycles. The molecule has 2 aliphatic rings. The van der Waals surface area contributed by atoms with Crippen molar-refractivity contribution in [3.8, 4) is 0 Å². The maximum Gasteiger partial charge on any atom is 0.253 e. The van der Waals surface area contributed by atoms with Gasteiger partial charge in [-0.2, -0.15) is 0 Å². The predicted molar refractivity (Wildman–Crippen MR) is 110 cm³/mol. The lowest BCUT2D eigenvalue weighted by molar-refractivity contribution is -0.117. The van der Waals surface area contributed by atoms with E-state index in [2.05, 4.69) is 15.2 Å². The quantitative estimate of drug-likeness (QED) is 0.867. The van der Waals surface area contributed by atoms with Crippen molar-refractivity contribution in [1.29, 1.82) is 0 Å². The molecule has 2 aliphatic heterocycles. The molecule has 146 valence electrons. The Bertz CT molecular complexity index is 859. The number of pyridine rings is 1. The van der Waals surface area contributed by atoms with E-state index in [1.807, 2.05) is 48.2 Å². The Kier molecular flexibility index (Phi) is 5.28. The molecule has 2 saturated heterocycles. The molecule has 1 unspecified atom stereocenters. The van der Waals surface area contributed by atoms with Gasteiger partial charge >= 0.3 is 0 Å². The summed E-state index contributed by atoms with van der Waals surface area (Å²) in [5, 5.41) is 3.03. The zero-order chi connectivity index (χ0) is 19.5. The largest absolute Gasteiger partial charge is 0.357 e. The first-order chi connectivity index (χ1) is 13.6. The number of nitrogens with one attached hydrogen (secondary N) is 1. The Balaban J connectivity index is 1.42. The molecular weight excluding hydrogens is 352 g/mol. The molecule has 0 spiro atoms. The molecule has 28 heavy (non-hydrogen) atoms. The highest BCUT2D eigenvalue weighted by Crippen LogP contribution is 2.25. The Hall–Kier alpha value is -2.89. The number of carbonyl (C=O) groups excluding carboxylic acids is 2. The summed E-state index contributed by atoms with van der Waals surface area (Å²) < 4.78 is 0. The highest BCUT2D eigenvalue weighted by Gasteiger charge is 2.22. The topological polar surface area (TPSA) is 65.5 Å². The number of nitrogens with zero attached hydrogens (tertiary/aromatic N) is 3. The first kappa shape index (κ1) is 18.5. The third-order valence-corrected chi connectivity index (χ3v) is 5.54. The standard InChI is InChI=1S/C22H26N4O2/c1-16(17-6-4-7-19(14-17)26-13-5-8-21(26)27)24-22(28)18-9-10-20(23-15-18)25-11-2-3-12-25/h4,6-7,9-10,14-16H,2-3,5,8,11-13H2,1H3,(H,24,28). The second kappa shape index (κ2) is 8.00. The van der Waals surface area contributed by atoms with Gasteiger partial charge in [0.2, 0.25) is 5.91 Å². The fourth-order valence-electron chi connectivity index (χ4n) is 3.90. The highest BCUT2D eigenvalue weighted by molar-refractivity contribution is 5.96. The van der Waals surface area contributed by atoms with Crippen LogP contribution in [0.4, 0.5) is 11.5 Å². The first-order valence-corrected chi connectivity index (χ1v) is 10.0. The van der Waals surface area contributed by atoms with Crippen molar-refractivity contribution in [2.75, 3.05) is 29.4 Å². The normalized spacial score (nSPS) is 17.8. The van der Waals surface area contributed by atoms with Crippen LogP contribution < -0.4 is 15.1 Å². The van der Waals surface area contributed by atoms with Crippen LogP contribution in [0.5, 0.6) is 0 Å². The second-order valence-corrected chi connectivity index (χ2v) is 7.54. The number of hydrogen-bond donors (Lipinski definition) is 1. The van der Waals surface area contributed by atoms with Crippen molar-refractivity contribution in [1.82, 2.24) is 10.3 Å². The van der Waals surface area contributed by atoms with Crippen LogP contribution in [-0.4, -0.2) is 36.4 Å². The Morgan fingerprint density at radius 1 is 1.11 bits per heavy atom. The molecule has 1 atom stereocenters. The van der Waals surface area contributed by atoms with E-state index in [1.165, 1.54) is 12.8 Å². The number of rotatable bonds is 5. The van der Waals surface area contributed by atoms with Crippen LogP contribution in [0.15, 0.2) is 42.6 Å². The van der Waals surface area contributed by atoms with Crippen molar-refractivity contribution in [3.05, 3.63) is 53.7 Å². The number of carbonyl (C=O) groups is 2. The van der Waals surface area contributed by atoms with Gasteiger partial charge in [0.25, 0.3) is 5.91 Å². The summed E-state index contributed by atoms with van der Waals surface area (Å²) in [5.41, 5.74) is 2.44. The van der Waals surface area contributed by atoms with E-state index in [0.29, 0.717) is 12.0 Å². The number of benzene rings is 1. The van der Waals surface area contributed by atoms with Crippen molar-refractivity contribution >= 4 is 23.3 Å². The third kappa shape index (κ3) is 3.86. The van der Waals surface area contributed by atoms with E-state index in [1.54, 1.807) is 6.20 Å². The van der Waals surface area contributed by atoms with Crippen LogP contribution in [0.2, 0.25) is 0 Å². The predicted octanol–water partition coefficient (Wildman–Crippen LogP) is 3.30. The number of hydrogen-bond acceptors (Lipinski definition) is 4. The fourth-order valence-corrected chi connectivity index (χ4v) is 3.90. The summed E-state index contributed by atoms with van der Waals surface area (Å²) in [6, 6.07) is 11.4. The minimum absolute atomic E-state index is 0.143. The summed E-state index contributed by atoms with van der Waals surface area (Å²) in [7, 11) is 0. The molecular formula is C22H26N4O2. The van der Waals surface area contributed by atoms with E-state index < -0.39 is 0 Å². The Morgan fingerprint density at radius 3 is 2.61 bits per heavy atom. The number of amides is 2. The second-order valence-electron chi connectivity index (χ2n) is 7.54. The van der Waals surface area contributed by atoms with Gasteiger partial charge in [0.15, 0.2) is 0 Å². The molecule has 0 bridgehead atoms. The first-order valence-electron chi connectivity index (χ1n) is 10.0. The summed E-state index contributed by atoms with van der Waals surface area (Å²) in [6.07, 6.45) is 5.55. The summed E-state index contributed by atoms with van der Waals surface area (Å²) >= 11 is 0. The van der Waals surface area contributed by atoms with Gasteiger partial charge in [0, 0.05) is 37.9 Å². The molecule has 2 amide bonds. The van der Waals surface area contributed by atoms with Gasteiger partial charge in [-0.1, -0.05) is 12.1 Å². The molecule has 0 saturated carbocycles. The highest BCUT2D eigenvalue weighted by atomic mass is 16.2.